The SMILES string of the molecule is Cc1cccc(C2=CCN(C(=O)Cc3c(C)c4c(F)c(F)ccc4[nH]c3=O)CC2)c1. The maximum Gasteiger partial charge on any atom is 0.252 e. The van der Waals surface area contributed by atoms with Gasteiger partial charge in [0.25, 0.3) is 5.56 Å². The molecular weight excluding hydrogens is 386 g/mol. The van der Waals surface area contributed by atoms with Crippen molar-refractivity contribution in [2.24, 2.45) is 0 Å². The molecule has 1 aliphatic heterocycles. The summed E-state index contributed by atoms with van der Waals surface area (Å²) in [6.07, 6.45) is 2.60. The van der Waals surface area contributed by atoms with Crippen LogP contribution in [0.15, 0.2) is 47.3 Å². The quantitative estimate of drug-likeness (QED) is 0.703. The molecule has 0 spiro atoms. The number of hydrogen-bond donors (Lipinski definition) is 1. The molecule has 154 valence electrons. The highest BCUT2D eigenvalue weighted by molar-refractivity contribution is 5.86. The molecule has 0 aliphatic carbocycles. The lowest BCUT2D eigenvalue weighted by atomic mass is 9.97. The van der Waals surface area contributed by atoms with E-state index in [9.17, 15) is 18.4 Å². The van der Waals surface area contributed by atoms with E-state index in [-0.39, 0.29) is 28.8 Å². The normalized spacial score (nSPS) is 14.1. The van der Waals surface area contributed by atoms with Crippen LogP contribution in [0.2, 0.25) is 0 Å². The molecule has 2 heterocycles. The lowest BCUT2D eigenvalue weighted by Crippen LogP contribution is -2.37. The second-order valence-corrected chi connectivity index (χ2v) is 7.71. The van der Waals surface area contributed by atoms with Crippen molar-refractivity contribution in [3.8, 4) is 0 Å². The number of carbonyl (C=O) groups excluding carboxylic acids is 1. The van der Waals surface area contributed by atoms with Gasteiger partial charge >= 0.3 is 0 Å². The van der Waals surface area contributed by atoms with Gasteiger partial charge in [-0.25, -0.2) is 8.78 Å². The zero-order chi connectivity index (χ0) is 21.4. The van der Waals surface area contributed by atoms with Crippen LogP contribution in [-0.4, -0.2) is 28.9 Å². The minimum absolute atomic E-state index is 0.0117. The third kappa shape index (κ3) is 3.65. The fraction of sp³-hybridized carbons (Fsp3) is 0.250. The molecule has 2 aromatic carbocycles. The van der Waals surface area contributed by atoms with Gasteiger partial charge in [-0.05, 0) is 49.1 Å². The first-order valence-corrected chi connectivity index (χ1v) is 9.88. The molecule has 1 N–H and O–H groups in total. The summed E-state index contributed by atoms with van der Waals surface area (Å²) in [6.45, 7) is 4.59. The van der Waals surface area contributed by atoms with Crippen LogP contribution in [-0.2, 0) is 11.2 Å². The van der Waals surface area contributed by atoms with Crippen LogP contribution >= 0.6 is 0 Å². The molecule has 1 amide bonds. The van der Waals surface area contributed by atoms with E-state index in [0.29, 0.717) is 18.7 Å². The topological polar surface area (TPSA) is 53.2 Å². The molecule has 1 aromatic heterocycles. The van der Waals surface area contributed by atoms with Crippen molar-refractivity contribution in [1.29, 1.82) is 0 Å². The maximum absolute atomic E-state index is 14.3. The second kappa shape index (κ2) is 7.86. The summed E-state index contributed by atoms with van der Waals surface area (Å²) in [5, 5.41) is 0.0117. The summed E-state index contributed by atoms with van der Waals surface area (Å²) >= 11 is 0. The molecular formula is C24H22F2N2O2. The van der Waals surface area contributed by atoms with Crippen LogP contribution in [0, 0.1) is 25.5 Å². The Morgan fingerprint density at radius 3 is 2.67 bits per heavy atom. The summed E-state index contributed by atoms with van der Waals surface area (Å²) in [4.78, 5) is 29.6. The number of pyridine rings is 1. The average Bonchev–Trinajstić information content (AvgIpc) is 2.73. The molecule has 4 nitrogen and oxygen atoms in total. The first kappa shape index (κ1) is 20.0. The van der Waals surface area contributed by atoms with Crippen LogP contribution in [0.3, 0.4) is 0 Å². The van der Waals surface area contributed by atoms with Gasteiger partial charge in [0.1, 0.15) is 0 Å². The van der Waals surface area contributed by atoms with Crippen molar-refractivity contribution < 1.29 is 13.6 Å². The van der Waals surface area contributed by atoms with Gasteiger partial charge in [-0.2, -0.15) is 0 Å². The summed E-state index contributed by atoms with van der Waals surface area (Å²) in [7, 11) is 0. The van der Waals surface area contributed by atoms with Crippen LogP contribution < -0.4 is 5.56 Å². The Labute approximate surface area is 172 Å². The Morgan fingerprint density at radius 2 is 1.97 bits per heavy atom. The van der Waals surface area contributed by atoms with E-state index in [4.69, 9.17) is 0 Å². The van der Waals surface area contributed by atoms with Crippen molar-refractivity contribution in [3.05, 3.63) is 86.7 Å². The predicted octanol–water partition coefficient (Wildman–Crippen LogP) is 4.28. The number of H-pyrrole nitrogens is 1. The summed E-state index contributed by atoms with van der Waals surface area (Å²) in [5.74, 6) is -2.21. The van der Waals surface area contributed by atoms with Gasteiger partial charge in [-0.15, -0.1) is 0 Å². The lowest BCUT2D eigenvalue weighted by molar-refractivity contribution is -0.130. The smallest absolute Gasteiger partial charge is 0.252 e. The highest BCUT2D eigenvalue weighted by Crippen LogP contribution is 2.25. The van der Waals surface area contributed by atoms with Gasteiger partial charge in [0.2, 0.25) is 5.91 Å². The van der Waals surface area contributed by atoms with Crippen LogP contribution in [0.4, 0.5) is 8.78 Å². The fourth-order valence-electron chi connectivity index (χ4n) is 4.02. The van der Waals surface area contributed by atoms with E-state index in [1.807, 2.05) is 25.1 Å². The molecule has 30 heavy (non-hydrogen) atoms. The molecule has 0 saturated carbocycles. The predicted molar refractivity (Wildman–Crippen MR) is 113 cm³/mol. The number of nitrogens with one attached hydrogen (secondary N) is 1. The molecule has 0 atom stereocenters. The van der Waals surface area contributed by atoms with Crippen molar-refractivity contribution in [2.75, 3.05) is 13.1 Å². The molecule has 4 rings (SSSR count). The van der Waals surface area contributed by atoms with Crippen molar-refractivity contribution in [3.63, 3.8) is 0 Å². The Morgan fingerprint density at radius 1 is 1.17 bits per heavy atom. The van der Waals surface area contributed by atoms with Crippen molar-refractivity contribution in [1.82, 2.24) is 9.88 Å². The minimum Gasteiger partial charge on any atom is -0.338 e. The standard InChI is InChI=1S/C24H22F2N2O2/c1-14-4-3-5-17(12-14)16-8-10-28(11-9-16)21(29)13-18-15(2)22-20(27-24(18)30)7-6-19(25)23(22)26/h3-8,12H,9-11,13H2,1-2H3,(H,27,30). The zero-order valence-electron chi connectivity index (χ0n) is 16.9. The number of hydrogen-bond acceptors (Lipinski definition) is 2. The molecule has 0 unspecified atom stereocenters. The Bertz CT molecular complexity index is 1240. The molecule has 6 heteroatoms. The highest BCUT2D eigenvalue weighted by Gasteiger charge is 2.22. The number of halogens is 2. The Balaban J connectivity index is 1.57. The van der Waals surface area contributed by atoms with E-state index in [1.54, 1.807) is 11.8 Å². The summed E-state index contributed by atoms with van der Waals surface area (Å²) in [6, 6.07) is 10.5. The second-order valence-electron chi connectivity index (χ2n) is 7.71. The van der Waals surface area contributed by atoms with Crippen LogP contribution in [0.1, 0.15) is 28.7 Å². The summed E-state index contributed by atoms with van der Waals surface area (Å²) < 4.78 is 28.0. The number of benzene rings is 2. The maximum atomic E-state index is 14.3. The Kier molecular flexibility index (Phi) is 5.24. The van der Waals surface area contributed by atoms with Gasteiger partial charge in [0, 0.05) is 24.0 Å². The van der Waals surface area contributed by atoms with Gasteiger partial charge in [0.15, 0.2) is 11.6 Å². The monoisotopic (exact) mass is 408 g/mol. The number of rotatable bonds is 3. The number of amides is 1. The number of aryl methyl sites for hydroxylation is 2. The summed E-state index contributed by atoms with van der Waals surface area (Å²) in [5.41, 5.74) is 3.77. The van der Waals surface area contributed by atoms with Crippen molar-refractivity contribution >= 4 is 22.4 Å². The number of aromatic nitrogens is 1. The van der Waals surface area contributed by atoms with Gasteiger partial charge in [0.05, 0.1) is 11.9 Å². The largest absolute Gasteiger partial charge is 0.338 e. The van der Waals surface area contributed by atoms with Crippen molar-refractivity contribution in [2.45, 2.75) is 26.7 Å². The Hall–Kier alpha value is -3.28. The average molecular weight is 408 g/mol. The van der Waals surface area contributed by atoms with Gasteiger partial charge in [-0.3, -0.25) is 9.59 Å². The van der Waals surface area contributed by atoms with E-state index in [0.717, 1.165) is 18.1 Å². The number of nitrogens with zero attached hydrogens (tertiary/aromatic N) is 1. The first-order valence-electron chi connectivity index (χ1n) is 9.88. The third-order valence-electron chi connectivity index (χ3n) is 5.72. The van der Waals surface area contributed by atoms with Gasteiger partial charge < -0.3 is 9.88 Å². The molecule has 0 fully saturated rings. The van der Waals surface area contributed by atoms with Crippen LogP contribution in [0.25, 0.3) is 16.5 Å². The molecule has 1 aliphatic rings. The fourth-order valence-corrected chi connectivity index (χ4v) is 4.02. The number of aromatic amines is 1. The minimum atomic E-state index is -1.02. The first-order chi connectivity index (χ1) is 14.3. The third-order valence-corrected chi connectivity index (χ3v) is 5.72. The van der Waals surface area contributed by atoms with E-state index >= 15 is 0 Å². The zero-order valence-corrected chi connectivity index (χ0v) is 16.9. The number of carbonyl (C=O) groups is 1. The van der Waals surface area contributed by atoms with E-state index in [1.165, 1.54) is 17.2 Å². The molecule has 3 aromatic rings. The molecule has 0 radical (unpaired) electrons. The highest BCUT2D eigenvalue weighted by atomic mass is 19.2. The van der Waals surface area contributed by atoms with E-state index in [2.05, 4.69) is 17.1 Å². The van der Waals surface area contributed by atoms with Gasteiger partial charge in [-0.1, -0.05) is 35.9 Å². The molecule has 0 bridgehead atoms. The van der Waals surface area contributed by atoms with E-state index < -0.39 is 17.2 Å². The number of fused-ring (bicyclic) bond motifs is 1. The lowest BCUT2D eigenvalue weighted by Gasteiger charge is -2.27. The van der Waals surface area contributed by atoms with Crippen LogP contribution in [0.5, 0.6) is 0 Å². The molecule has 0 saturated heterocycles.